The van der Waals surface area contributed by atoms with Crippen molar-refractivity contribution in [2.75, 3.05) is 18.4 Å². The molecule has 0 aliphatic rings. The molecule has 2 rings (SSSR count). The summed E-state index contributed by atoms with van der Waals surface area (Å²) in [5.74, 6) is 0. The summed E-state index contributed by atoms with van der Waals surface area (Å²) in [6, 6.07) is 10.5. The van der Waals surface area contributed by atoms with Gasteiger partial charge in [0.05, 0.1) is 5.52 Å². The Balaban J connectivity index is 2.19. The molecule has 0 atom stereocenters. The summed E-state index contributed by atoms with van der Waals surface area (Å²) in [4.78, 5) is 6.89. The SMILES string of the molecule is CCN(CCCBr)Cc1ccnc2ccccc12. The molecule has 0 N–H and O–H groups in total. The lowest BCUT2D eigenvalue weighted by molar-refractivity contribution is 0.282. The van der Waals surface area contributed by atoms with Crippen LogP contribution in [0, 0.1) is 0 Å². The zero-order chi connectivity index (χ0) is 12.8. The van der Waals surface area contributed by atoms with E-state index in [0.717, 1.165) is 30.5 Å². The van der Waals surface area contributed by atoms with Crippen LogP contribution in [-0.2, 0) is 6.54 Å². The molecule has 18 heavy (non-hydrogen) atoms. The normalized spacial score (nSPS) is 11.3. The molecule has 1 aromatic carbocycles. The molecule has 0 aliphatic heterocycles. The standard InChI is InChI=1S/C15H19BrN2/c1-2-18(11-5-9-16)12-13-8-10-17-15-7-4-3-6-14(13)15/h3-4,6-8,10H,2,5,9,11-12H2,1H3. The fourth-order valence-electron chi connectivity index (χ4n) is 2.17. The molecule has 0 bridgehead atoms. The van der Waals surface area contributed by atoms with Crippen LogP contribution in [0.4, 0.5) is 0 Å². The van der Waals surface area contributed by atoms with Crippen LogP contribution in [0.15, 0.2) is 36.5 Å². The second-order valence-electron chi connectivity index (χ2n) is 4.40. The Morgan fingerprint density at radius 2 is 2.06 bits per heavy atom. The second-order valence-corrected chi connectivity index (χ2v) is 5.19. The van der Waals surface area contributed by atoms with Gasteiger partial charge >= 0.3 is 0 Å². The fourth-order valence-corrected chi connectivity index (χ4v) is 2.42. The number of benzene rings is 1. The number of alkyl halides is 1. The quantitative estimate of drug-likeness (QED) is 0.754. The Hall–Kier alpha value is -0.930. The predicted molar refractivity (Wildman–Crippen MR) is 81.1 cm³/mol. The molecule has 0 unspecified atom stereocenters. The van der Waals surface area contributed by atoms with Crippen molar-refractivity contribution in [2.45, 2.75) is 19.9 Å². The molecule has 0 fully saturated rings. The first-order chi connectivity index (χ1) is 8.85. The van der Waals surface area contributed by atoms with Crippen LogP contribution in [0.5, 0.6) is 0 Å². The van der Waals surface area contributed by atoms with Crippen molar-refractivity contribution >= 4 is 26.8 Å². The lowest BCUT2D eigenvalue weighted by Gasteiger charge is -2.20. The van der Waals surface area contributed by atoms with Gasteiger partial charge in [0.15, 0.2) is 0 Å². The molecule has 2 nitrogen and oxygen atoms in total. The number of pyridine rings is 1. The first-order valence-corrected chi connectivity index (χ1v) is 7.58. The van der Waals surface area contributed by atoms with Gasteiger partial charge < -0.3 is 0 Å². The molecule has 0 radical (unpaired) electrons. The third-order valence-corrected chi connectivity index (χ3v) is 3.75. The maximum atomic E-state index is 4.41. The molecule has 96 valence electrons. The monoisotopic (exact) mass is 306 g/mol. The van der Waals surface area contributed by atoms with Gasteiger partial charge in [-0.2, -0.15) is 0 Å². The summed E-state index contributed by atoms with van der Waals surface area (Å²) >= 11 is 3.50. The van der Waals surface area contributed by atoms with Gasteiger partial charge in [0, 0.05) is 23.5 Å². The minimum Gasteiger partial charge on any atom is -0.299 e. The Bertz CT molecular complexity index is 493. The van der Waals surface area contributed by atoms with E-state index in [9.17, 15) is 0 Å². The van der Waals surface area contributed by atoms with E-state index in [0.29, 0.717) is 0 Å². The number of rotatable bonds is 6. The van der Waals surface area contributed by atoms with Gasteiger partial charge in [0.1, 0.15) is 0 Å². The number of para-hydroxylation sites is 1. The Kier molecular flexibility index (Phi) is 5.14. The van der Waals surface area contributed by atoms with Crippen molar-refractivity contribution in [1.82, 2.24) is 9.88 Å². The minimum atomic E-state index is 1.01. The summed E-state index contributed by atoms with van der Waals surface area (Å²) < 4.78 is 0. The highest BCUT2D eigenvalue weighted by atomic mass is 79.9. The highest BCUT2D eigenvalue weighted by Gasteiger charge is 2.06. The van der Waals surface area contributed by atoms with Crippen LogP contribution < -0.4 is 0 Å². The summed E-state index contributed by atoms with van der Waals surface area (Å²) in [6.07, 6.45) is 3.10. The number of fused-ring (bicyclic) bond motifs is 1. The van der Waals surface area contributed by atoms with Crippen molar-refractivity contribution < 1.29 is 0 Å². The van der Waals surface area contributed by atoms with Crippen LogP contribution in [0.3, 0.4) is 0 Å². The number of aromatic nitrogens is 1. The van der Waals surface area contributed by atoms with Crippen molar-refractivity contribution in [2.24, 2.45) is 0 Å². The van der Waals surface area contributed by atoms with E-state index >= 15 is 0 Å². The Labute approximate surface area is 117 Å². The zero-order valence-electron chi connectivity index (χ0n) is 10.8. The smallest absolute Gasteiger partial charge is 0.0705 e. The average Bonchev–Trinajstić information content (AvgIpc) is 2.43. The number of nitrogens with zero attached hydrogens (tertiary/aromatic N) is 2. The third kappa shape index (κ3) is 3.30. The van der Waals surface area contributed by atoms with Crippen molar-refractivity contribution in [1.29, 1.82) is 0 Å². The van der Waals surface area contributed by atoms with Gasteiger partial charge in [-0.25, -0.2) is 0 Å². The van der Waals surface area contributed by atoms with Crippen LogP contribution in [-0.4, -0.2) is 28.3 Å². The lowest BCUT2D eigenvalue weighted by Crippen LogP contribution is -2.24. The van der Waals surface area contributed by atoms with Crippen molar-refractivity contribution in [3.63, 3.8) is 0 Å². The molecule has 0 amide bonds. The highest BCUT2D eigenvalue weighted by molar-refractivity contribution is 9.09. The lowest BCUT2D eigenvalue weighted by atomic mass is 10.1. The number of halogens is 1. The molecule has 0 saturated heterocycles. The van der Waals surface area contributed by atoms with Crippen molar-refractivity contribution in [3.05, 3.63) is 42.1 Å². The Morgan fingerprint density at radius 1 is 1.22 bits per heavy atom. The highest BCUT2D eigenvalue weighted by Crippen LogP contribution is 2.17. The van der Waals surface area contributed by atoms with Gasteiger partial charge in [-0.15, -0.1) is 0 Å². The molecule has 2 aromatic rings. The first-order valence-electron chi connectivity index (χ1n) is 6.46. The summed E-state index contributed by atoms with van der Waals surface area (Å²) in [5.41, 5.74) is 2.46. The van der Waals surface area contributed by atoms with Crippen LogP contribution >= 0.6 is 15.9 Å². The third-order valence-electron chi connectivity index (χ3n) is 3.19. The predicted octanol–water partition coefficient (Wildman–Crippen LogP) is 3.84. The maximum Gasteiger partial charge on any atom is 0.0705 e. The largest absolute Gasteiger partial charge is 0.299 e. The molecule has 0 saturated carbocycles. The molecule has 3 heteroatoms. The van der Waals surface area contributed by atoms with Gasteiger partial charge in [0.25, 0.3) is 0 Å². The topological polar surface area (TPSA) is 16.1 Å². The van der Waals surface area contributed by atoms with E-state index < -0.39 is 0 Å². The fraction of sp³-hybridized carbons (Fsp3) is 0.400. The van der Waals surface area contributed by atoms with E-state index in [1.807, 2.05) is 12.3 Å². The average molecular weight is 307 g/mol. The molecular formula is C15H19BrN2. The zero-order valence-corrected chi connectivity index (χ0v) is 12.4. The molecule has 1 heterocycles. The Morgan fingerprint density at radius 3 is 2.83 bits per heavy atom. The summed E-state index contributed by atoms with van der Waals surface area (Å²) in [7, 11) is 0. The van der Waals surface area contributed by atoms with Gasteiger partial charge in [-0.3, -0.25) is 9.88 Å². The first kappa shape index (κ1) is 13.5. The molecule has 1 aromatic heterocycles. The number of hydrogen-bond donors (Lipinski definition) is 0. The number of hydrogen-bond acceptors (Lipinski definition) is 2. The maximum absolute atomic E-state index is 4.41. The van der Waals surface area contributed by atoms with E-state index in [2.05, 4.69) is 57.0 Å². The van der Waals surface area contributed by atoms with E-state index in [-0.39, 0.29) is 0 Å². The van der Waals surface area contributed by atoms with Crippen LogP contribution in [0.2, 0.25) is 0 Å². The van der Waals surface area contributed by atoms with E-state index in [1.165, 1.54) is 17.4 Å². The van der Waals surface area contributed by atoms with Gasteiger partial charge in [-0.1, -0.05) is 41.1 Å². The molecule has 0 spiro atoms. The summed E-state index contributed by atoms with van der Waals surface area (Å²) in [6.45, 7) is 5.45. The molecular weight excluding hydrogens is 288 g/mol. The molecule has 0 aliphatic carbocycles. The second kappa shape index (κ2) is 6.86. The van der Waals surface area contributed by atoms with Gasteiger partial charge in [0.2, 0.25) is 0 Å². The summed E-state index contributed by atoms with van der Waals surface area (Å²) in [5, 5.41) is 2.35. The van der Waals surface area contributed by atoms with E-state index in [4.69, 9.17) is 0 Å². The van der Waals surface area contributed by atoms with E-state index in [1.54, 1.807) is 0 Å². The minimum absolute atomic E-state index is 1.01. The van der Waals surface area contributed by atoms with Crippen LogP contribution in [0.1, 0.15) is 18.9 Å². The van der Waals surface area contributed by atoms with Crippen LogP contribution in [0.25, 0.3) is 10.9 Å². The van der Waals surface area contributed by atoms with Crippen molar-refractivity contribution in [3.8, 4) is 0 Å². The van der Waals surface area contributed by atoms with Gasteiger partial charge in [-0.05, 0) is 37.2 Å².